The molecule has 0 aromatic carbocycles. The highest BCUT2D eigenvalue weighted by molar-refractivity contribution is 7.99. The molecule has 2 heterocycles. The van der Waals surface area contributed by atoms with Crippen LogP contribution in [-0.4, -0.2) is 30.6 Å². The fourth-order valence-corrected chi connectivity index (χ4v) is 1.42. The summed E-state index contributed by atoms with van der Waals surface area (Å²) in [6.45, 7) is 0. The molecule has 0 saturated carbocycles. The van der Waals surface area contributed by atoms with E-state index < -0.39 is 0 Å². The summed E-state index contributed by atoms with van der Waals surface area (Å²) < 4.78 is 1.71. The smallest absolute Gasteiger partial charge is 0.234 e. The van der Waals surface area contributed by atoms with Gasteiger partial charge in [0.25, 0.3) is 0 Å². The Hall–Kier alpha value is -1.40. The van der Waals surface area contributed by atoms with Crippen molar-refractivity contribution in [2.75, 3.05) is 5.94 Å². The van der Waals surface area contributed by atoms with Gasteiger partial charge in [0.05, 0.1) is 5.94 Å². The predicted octanol–water partition coefficient (Wildman–Crippen LogP) is 0.704. The number of hydrogen-bond donors (Lipinski definition) is 1. The van der Waals surface area contributed by atoms with Gasteiger partial charge in [0.1, 0.15) is 11.4 Å². The van der Waals surface area contributed by atoms with Crippen LogP contribution in [0.5, 0.6) is 0 Å². The molecule has 72 valence electrons. The first-order valence-electron chi connectivity index (χ1n) is 3.95. The molecule has 0 bridgehead atoms. The number of hydrogen-bond acceptors (Lipinski definition) is 5. The molecule has 14 heavy (non-hydrogen) atoms. The Labute approximate surface area is 84.8 Å². The highest BCUT2D eigenvalue weighted by atomic mass is 32.2. The molecule has 0 aliphatic heterocycles. The monoisotopic (exact) mass is 208 g/mol. The molecular weight excluding hydrogens is 200 g/mol. The minimum atomic E-state index is 0.0205. The van der Waals surface area contributed by atoms with Gasteiger partial charge in [-0.05, 0) is 6.07 Å². The van der Waals surface area contributed by atoms with Gasteiger partial charge in [-0.25, -0.2) is 15.0 Å². The third-order valence-corrected chi connectivity index (χ3v) is 2.19. The Balaban J connectivity index is 2.25. The van der Waals surface area contributed by atoms with Crippen molar-refractivity contribution in [1.29, 1.82) is 0 Å². The van der Waals surface area contributed by atoms with E-state index in [0.717, 1.165) is 5.03 Å². The van der Waals surface area contributed by atoms with E-state index in [-0.39, 0.29) is 5.94 Å². The van der Waals surface area contributed by atoms with Gasteiger partial charge in [-0.1, -0.05) is 11.8 Å². The maximum absolute atomic E-state index is 8.68. The van der Waals surface area contributed by atoms with Crippen LogP contribution in [0.3, 0.4) is 0 Å². The van der Waals surface area contributed by atoms with Gasteiger partial charge < -0.3 is 5.11 Å². The topological polar surface area (TPSA) is 63.8 Å². The molecule has 0 amide bonds. The van der Waals surface area contributed by atoms with Gasteiger partial charge in [-0.2, -0.15) is 0 Å². The number of aromatic nitrogens is 4. The molecule has 6 heteroatoms. The number of rotatable bonds is 3. The SMILES string of the molecule is OCSc1cn(-c2ncccn2)cn1. The van der Waals surface area contributed by atoms with Gasteiger partial charge >= 0.3 is 0 Å². The van der Waals surface area contributed by atoms with Gasteiger partial charge in [-0.3, -0.25) is 4.57 Å². The molecule has 0 atom stereocenters. The summed E-state index contributed by atoms with van der Waals surface area (Å²) in [4.78, 5) is 12.2. The van der Waals surface area contributed by atoms with Crippen LogP contribution >= 0.6 is 11.8 Å². The molecule has 2 rings (SSSR count). The third-order valence-electron chi connectivity index (χ3n) is 1.55. The third kappa shape index (κ3) is 1.91. The average Bonchev–Trinajstić information content (AvgIpc) is 2.68. The van der Waals surface area contributed by atoms with Gasteiger partial charge in [0, 0.05) is 18.6 Å². The van der Waals surface area contributed by atoms with E-state index in [0.29, 0.717) is 5.95 Å². The average molecular weight is 208 g/mol. The van der Waals surface area contributed by atoms with E-state index in [1.165, 1.54) is 11.8 Å². The molecule has 0 fully saturated rings. The molecule has 2 aromatic heterocycles. The van der Waals surface area contributed by atoms with Gasteiger partial charge in [-0.15, -0.1) is 0 Å². The Morgan fingerprint density at radius 3 is 2.79 bits per heavy atom. The van der Waals surface area contributed by atoms with Crippen molar-refractivity contribution in [2.24, 2.45) is 0 Å². The van der Waals surface area contributed by atoms with E-state index in [2.05, 4.69) is 15.0 Å². The molecule has 0 spiro atoms. The quantitative estimate of drug-likeness (QED) is 0.594. The first-order chi connectivity index (χ1) is 6.90. The molecule has 0 aliphatic rings. The van der Waals surface area contributed by atoms with Crippen molar-refractivity contribution in [3.05, 3.63) is 31.0 Å². The summed E-state index contributed by atoms with van der Waals surface area (Å²) in [5, 5.41) is 9.43. The lowest BCUT2D eigenvalue weighted by atomic mass is 10.7. The standard InChI is InChI=1S/C8H8N4OS/c13-6-14-7-4-12(5-11-7)8-9-2-1-3-10-8/h1-5,13H,6H2. The second-order valence-electron chi connectivity index (χ2n) is 2.44. The van der Waals surface area contributed by atoms with Crippen molar-refractivity contribution in [3.8, 4) is 5.95 Å². The lowest BCUT2D eigenvalue weighted by molar-refractivity contribution is 0.375. The number of imidazole rings is 1. The number of aliphatic hydroxyl groups excluding tert-OH is 1. The maximum atomic E-state index is 8.68. The van der Waals surface area contributed by atoms with Crippen LogP contribution in [0.4, 0.5) is 0 Å². The fraction of sp³-hybridized carbons (Fsp3) is 0.125. The van der Waals surface area contributed by atoms with Crippen LogP contribution in [0.1, 0.15) is 0 Å². The number of nitrogens with zero attached hydrogens (tertiary/aromatic N) is 4. The Kier molecular flexibility index (Phi) is 2.76. The maximum Gasteiger partial charge on any atom is 0.234 e. The second kappa shape index (κ2) is 4.21. The number of thioether (sulfide) groups is 1. The molecule has 0 saturated heterocycles. The van der Waals surface area contributed by atoms with Crippen LogP contribution in [0.15, 0.2) is 36.0 Å². The van der Waals surface area contributed by atoms with E-state index in [1.807, 2.05) is 0 Å². The Morgan fingerprint density at radius 1 is 1.29 bits per heavy atom. The van der Waals surface area contributed by atoms with E-state index in [4.69, 9.17) is 5.11 Å². The van der Waals surface area contributed by atoms with E-state index in [1.54, 1.807) is 35.6 Å². The first-order valence-corrected chi connectivity index (χ1v) is 4.94. The van der Waals surface area contributed by atoms with Gasteiger partial charge in [0.2, 0.25) is 5.95 Å². The summed E-state index contributed by atoms with van der Waals surface area (Å²) >= 11 is 1.26. The molecule has 0 unspecified atom stereocenters. The van der Waals surface area contributed by atoms with Crippen molar-refractivity contribution < 1.29 is 5.11 Å². The normalized spacial score (nSPS) is 10.4. The summed E-state index contributed by atoms with van der Waals surface area (Å²) in [6.07, 6.45) is 6.73. The summed E-state index contributed by atoms with van der Waals surface area (Å²) in [5.41, 5.74) is 0. The largest absolute Gasteiger partial charge is 0.385 e. The van der Waals surface area contributed by atoms with Crippen LogP contribution in [0.25, 0.3) is 5.95 Å². The second-order valence-corrected chi connectivity index (χ2v) is 3.41. The van der Waals surface area contributed by atoms with Crippen molar-refractivity contribution in [1.82, 2.24) is 19.5 Å². The Bertz CT molecular complexity index is 403. The molecule has 2 aromatic rings. The number of aliphatic hydroxyl groups is 1. The predicted molar refractivity (Wildman–Crippen MR) is 52.1 cm³/mol. The lowest BCUT2D eigenvalue weighted by Gasteiger charge is -1.96. The summed E-state index contributed by atoms with van der Waals surface area (Å²) in [7, 11) is 0. The lowest BCUT2D eigenvalue weighted by Crippen LogP contribution is -1.96. The van der Waals surface area contributed by atoms with Gasteiger partial charge in [0.15, 0.2) is 0 Å². The van der Waals surface area contributed by atoms with Crippen molar-refractivity contribution in [3.63, 3.8) is 0 Å². The minimum Gasteiger partial charge on any atom is -0.385 e. The zero-order valence-electron chi connectivity index (χ0n) is 7.24. The van der Waals surface area contributed by atoms with Crippen LogP contribution in [0.2, 0.25) is 0 Å². The van der Waals surface area contributed by atoms with Crippen LogP contribution < -0.4 is 0 Å². The molecule has 1 N–H and O–H groups in total. The molecule has 0 radical (unpaired) electrons. The molecule has 0 aliphatic carbocycles. The first kappa shape index (κ1) is 9.17. The van der Waals surface area contributed by atoms with Crippen molar-refractivity contribution in [2.45, 2.75) is 5.03 Å². The highest BCUT2D eigenvalue weighted by Gasteiger charge is 2.01. The van der Waals surface area contributed by atoms with E-state index >= 15 is 0 Å². The molecule has 5 nitrogen and oxygen atoms in total. The summed E-state index contributed by atoms with van der Waals surface area (Å²) in [5.74, 6) is 0.594. The highest BCUT2D eigenvalue weighted by Crippen LogP contribution is 2.14. The zero-order chi connectivity index (χ0) is 9.80. The zero-order valence-corrected chi connectivity index (χ0v) is 8.05. The summed E-state index contributed by atoms with van der Waals surface area (Å²) in [6, 6.07) is 1.75. The van der Waals surface area contributed by atoms with Crippen LogP contribution in [-0.2, 0) is 0 Å². The van der Waals surface area contributed by atoms with Crippen LogP contribution in [0, 0.1) is 0 Å². The minimum absolute atomic E-state index is 0.0205. The molecular formula is C8H8N4OS. The fourth-order valence-electron chi connectivity index (χ4n) is 0.979. The van der Waals surface area contributed by atoms with E-state index in [9.17, 15) is 0 Å². The van der Waals surface area contributed by atoms with Crippen molar-refractivity contribution >= 4 is 11.8 Å². The Morgan fingerprint density at radius 2 is 2.07 bits per heavy atom.